The third kappa shape index (κ3) is 3.40. The largest absolute Gasteiger partial charge is 0.370 e. The fourth-order valence-electron chi connectivity index (χ4n) is 2.75. The van der Waals surface area contributed by atoms with Crippen molar-refractivity contribution in [2.24, 2.45) is 0 Å². The maximum absolute atomic E-state index is 10.9. The fourth-order valence-corrected chi connectivity index (χ4v) is 3.01. The molecule has 1 fully saturated rings. The molecule has 0 saturated carbocycles. The molecule has 1 aliphatic heterocycles. The average molecular weight is 388 g/mol. The second-order valence-corrected chi connectivity index (χ2v) is 6.34. The van der Waals surface area contributed by atoms with Crippen molar-refractivity contribution >= 4 is 27.3 Å². The Morgan fingerprint density at radius 1 is 1.29 bits per heavy atom. The number of non-ortho nitro benzene ring substituents is 1. The van der Waals surface area contributed by atoms with Crippen LogP contribution in [0.1, 0.15) is 17.2 Å². The number of ether oxygens (including phenoxy) is 1. The number of nitro groups is 1. The molecule has 0 radical (unpaired) electrons. The molecular formula is C17H14BrN3O3. The smallest absolute Gasteiger partial charge is 0.270 e. The van der Waals surface area contributed by atoms with Gasteiger partial charge >= 0.3 is 0 Å². The molecule has 7 heteroatoms. The summed E-state index contributed by atoms with van der Waals surface area (Å²) in [5.41, 5.74) is 1.99. The van der Waals surface area contributed by atoms with E-state index in [0.717, 1.165) is 10.0 Å². The second kappa shape index (κ2) is 6.99. The van der Waals surface area contributed by atoms with Gasteiger partial charge in [0.05, 0.1) is 22.8 Å². The zero-order valence-electron chi connectivity index (χ0n) is 12.7. The lowest BCUT2D eigenvalue weighted by Gasteiger charge is -2.35. The van der Waals surface area contributed by atoms with Crippen molar-refractivity contribution in [3.63, 3.8) is 0 Å². The van der Waals surface area contributed by atoms with Gasteiger partial charge in [-0.25, -0.2) is 0 Å². The van der Waals surface area contributed by atoms with E-state index in [1.165, 1.54) is 12.1 Å². The molecule has 1 heterocycles. The van der Waals surface area contributed by atoms with E-state index in [1.807, 2.05) is 29.2 Å². The SMILES string of the molecule is N#Cc1cc([N+](=O)[O-])ccc1N1CCOC(c2ccc(Br)cc2)C1. The van der Waals surface area contributed by atoms with Crippen LogP contribution < -0.4 is 4.90 Å². The van der Waals surface area contributed by atoms with E-state index in [1.54, 1.807) is 6.07 Å². The molecular weight excluding hydrogens is 374 g/mol. The van der Waals surface area contributed by atoms with Gasteiger partial charge in [0.1, 0.15) is 12.2 Å². The van der Waals surface area contributed by atoms with E-state index in [2.05, 4.69) is 22.0 Å². The quantitative estimate of drug-likeness (QED) is 0.590. The number of halogens is 1. The van der Waals surface area contributed by atoms with E-state index in [-0.39, 0.29) is 11.8 Å². The summed E-state index contributed by atoms with van der Waals surface area (Å²) in [6.07, 6.45) is -0.103. The van der Waals surface area contributed by atoms with Crippen molar-refractivity contribution in [3.05, 3.63) is 68.2 Å². The van der Waals surface area contributed by atoms with Gasteiger partial charge in [0.25, 0.3) is 5.69 Å². The number of nitriles is 1. The van der Waals surface area contributed by atoms with Crippen LogP contribution in [0.15, 0.2) is 46.9 Å². The van der Waals surface area contributed by atoms with Gasteiger partial charge in [-0.15, -0.1) is 0 Å². The lowest BCUT2D eigenvalue weighted by Crippen LogP contribution is -2.38. The molecule has 0 spiro atoms. The summed E-state index contributed by atoms with van der Waals surface area (Å²) >= 11 is 3.41. The highest BCUT2D eigenvalue weighted by Gasteiger charge is 2.24. The number of benzene rings is 2. The molecule has 0 aliphatic carbocycles. The van der Waals surface area contributed by atoms with Gasteiger partial charge in [-0.1, -0.05) is 28.1 Å². The summed E-state index contributed by atoms with van der Waals surface area (Å²) in [6, 6.07) is 14.4. The normalized spacial score (nSPS) is 17.3. The first-order valence-corrected chi connectivity index (χ1v) is 8.18. The molecule has 0 amide bonds. The molecule has 1 saturated heterocycles. The molecule has 2 aromatic carbocycles. The van der Waals surface area contributed by atoms with Crippen LogP contribution in [0.25, 0.3) is 0 Å². The molecule has 6 nitrogen and oxygen atoms in total. The lowest BCUT2D eigenvalue weighted by molar-refractivity contribution is -0.384. The van der Waals surface area contributed by atoms with Crippen LogP contribution in [-0.4, -0.2) is 24.6 Å². The predicted octanol–water partition coefficient (Wildman–Crippen LogP) is 3.81. The highest BCUT2D eigenvalue weighted by Crippen LogP contribution is 2.30. The summed E-state index contributed by atoms with van der Waals surface area (Å²) in [7, 11) is 0. The molecule has 0 aromatic heterocycles. The number of morpholine rings is 1. The molecule has 1 aliphatic rings. The Morgan fingerprint density at radius 2 is 2.04 bits per heavy atom. The number of nitro benzene ring substituents is 1. The maximum atomic E-state index is 10.9. The topological polar surface area (TPSA) is 79.4 Å². The van der Waals surface area contributed by atoms with Crippen LogP contribution in [-0.2, 0) is 4.74 Å². The Hall–Kier alpha value is -2.43. The van der Waals surface area contributed by atoms with Gasteiger partial charge in [0.2, 0.25) is 0 Å². The lowest BCUT2D eigenvalue weighted by atomic mass is 10.1. The van der Waals surface area contributed by atoms with Crippen LogP contribution in [0.4, 0.5) is 11.4 Å². The van der Waals surface area contributed by atoms with E-state index < -0.39 is 4.92 Å². The van der Waals surface area contributed by atoms with Gasteiger partial charge in [-0.05, 0) is 23.8 Å². The maximum Gasteiger partial charge on any atom is 0.270 e. The molecule has 3 rings (SSSR count). The second-order valence-electron chi connectivity index (χ2n) is 5.43. The first-order chi connectivity index (χ1) is 11.6. The summed E-state index contributed by atoms with van der Waals surface area (Å²) in [5.74, 6) is 0. The molecule has 0 N–H and O–H groups in total. The molecule has 1 unspecified atom stereocenters. The van der Waals surface area contributed by atoms with Crippen LogP contribution >= 0.6 is 15.9 Å². The Balaban J connectivity index is 1.86. The summed E-state index contributed by atoms with van der Waals surface area (Å²) in [5, 5.41) is 20.2. The minimum Gasteiger partial charge on any atom is -0.370 e. The van der Waals surface area contributed by atoms with Gasteiger partial charge in [0, 0.05) is 29.7 Å². The van der Waals surface area contributed by atoms with Gasteiger partial charge < -0.3 is 9.64 Å². The highest BCUT2D eigenvalue weighted by molar-refractivity contribution is 9.10. The van der Waals surface area contributed by atoms with E-state index >= 15 is 0 Å². The zero-order valence-corrected chi connectivity index (χ0v) is 14.3. The molecule has 0 bridgehead atoms. The minimum absolute atomic E-state index is 0.0759. The average Bonchev–Trinajstić information content (AvgIpc) is 2.61. The molecule has 122 valence electrons. The van der Waals surface area contributed by atoms with Crippen molar-refractivity contribution in [2.45, 2.75) is 6.10 Å². The predicted molar refractivity (Wildman–Crippen MR) is 92.9 cm³/mol. The van der Waals surface area contributed by atoms with Gasteiger partial charge in [-0.3, -0.25) is 10.1 Å². The molecule has 2 aromatic rings. The first-order valence-electron chi connectivity index (χ1n) is 7.39. The molecule has 24 heavy (non-hydrogen) atoms. The van der Waals surface area contributed by atoms with Crippen molar-refractivity contribution in [1.82, 2.24) is 0 Å². The van der Waals surface area contributed by atoms with Crippen LogP contribution in [0.3, 0.4) is 0 Å². The molecule has 1 atom stereocenters. The van der Waals surface area contributed by atoms with Crippen molar-refractivity contribution in [2.75, 3.05) is 24.6 Å². The van der Waals surface area contributed by atoms with Crippen LogP contribution in [0.2, 0.25) is 0 Å². The monoisotopic (exact) mass is 387 g/mol. The summed E-state index contributed by atoms with van der Waals surface area (Å²) in [6.45, 7) is 1.76. The zero-order chi connectivity index (χ0) is 17.1. The number of hydrogen-bond acceptors (Lipinski definition) is 5. The standard InChI is InChI=1S/C17H14BrN3O3/c18-14-3-1-12(2-4-14)17-11-20(7-8-24-17)16-6-5-15(21(22)23)9-13(16)10-19/h1-6,9,17H,7-8,11H2. The third-order valence-corrected chi connectivity index (χ3v) is 4.49. The first kappa shape index (κ1) is 16.4. The Kier molecular flexibility index (Phi) is 4.79. The number of rotatable bonds is 3. The van der Waals surface area contributed by atoms with E-state index in [4.69, 9.17) is 4.74 Å². The number of nitrogens with zero attached hydrogens (tertiary/aromatic N) is 3. The minimum atomic E-state index is -0.492. The van der Waals surface area contributed by atoms with Crippen molar-refractivity contribution < 1.29 is 9.66 Å². The van der Waals surface area contributed by atoms with Crippen molar-refractivity contribution in [1.29, 1.82) is 5.26 Å². The third-order valence-electron chi connectivity index (χ3n) is 3.96. The van der Waals surface area contributed by atoms with E-state index in [9.17, 15) is 15.4 Å². The van der Waals surface area contributed by atoms with Crippen molar-refractivity contribution in [3.8, 4) is 6.07 Å². The summed E-state index contributed by atoms with van der Waals surface area (Å²) in [4.78, 5) is 12.4. The van der Waals surface area contributed by atoms with Crippen LogP contribution in [0, 0.1) is 21.4 Å². The number of anilines is 1. The Bertz CT molecular complexity index is 802. The highest BCUT2D eigenvalue weighted by atomic mass is 79.9. The number of hydrogen-bond donors (Lipinski definition) is 0. The van der Waals surface area contributed by atoms with Gasteiger partial charge in [0.15, 0.2) is 0 Å². The Morgan fingerprint density at radius 3 is 2.71 bits per heavy atom. The fraction of sp³-hybridized carbons (Fsp3) is 0.235. The summed E-state index contributed by atoms with van der Waals surface area (Å²) < 4.78 is 6.84. The van der Waals surface area contributed by atoms with Gasteiger partial charge in [-0.2, -0.15) is 5.26 Å². The van der Waals surface area contributed by atoms with E-state index in [0.29, 0.717) is 30.9 Å². The Labute approximate surface area is 147 Å². The van der Waals surface area contributed by atoms with Crippen LogP contribution in [0.5, 0.6) is 0 Å².